The highest BCUT2D eigenvalue weighted by Gasteiger charge is 2.95. The Hall–Kier alpha value is -4.69. The summed E-state index contributed by atoms with van der Waals surface area (Å²) in [5.41, 5.74) is -1.58. The van der Waals surface area contributed by atoms with E-state index in [0.717, 1.165) is 12.1 Å². The number of nitrogens with one attached hydrogen (secondary N) is 1. The van der Waals surface area contributed by atoms with E-state index in [1.807, 2.05) is 0 Å². The number of anilines is 1. The largest absolute Gasteiger partial charge is 0.491 e. The van der Waals surface area contributed by atoms with E-state index in [2.05, 4.69) is 5.32 Å². The van der Waals surface area contributed by atoms with E-state index >= 15 is 8.78 Å². The third-order valence-electron chi connectivity index (χ3n) is 10.7. The van der Waals surface area contributed by atoms with Crippen LogP contribution in [-0.2, 0) is 18.7 Å². The molecule has 1 amide bonds. The maximum atomic E-state index is 15.0. The van der Waals surface area contributed by atoms with Crippen LogP contribution in [-0.4, -0.2) is 87.8 Å². The second kappa shape index (κ2) is 22.2. The van der Waals surface area contributed by atoms with Crippen molar-refractivity contribution in [2.45, 2.75) is 126 Å². The van der Waals surface area contributed by atoms with Gasteiger partial charge in [-0.25, -0.2) is 18.4 Å². The van der Waals surface area contributed by atoms with E-state index in [4.69, 9.17) is 18.6 Å². The fourth-order valence-corrected chi connectivity index (χ4v) is 11.1. The Morgan fingerprint density at radius 3 is 1.68 bits per heavy atom. The molecule has 0 fully saturated rings. The Balaban J connectivity index is 2.34. The molecule has 0 spiro atoms. The van der Waals surface area contributed by atoms with Crippen LogP contribution in [0.1, 0.15) is 66.6 Å². The van der Waals surface area contributed by atoms with Gasteiger partial charge in [-0.15, -0.1) is 0 Å². The lowest BCUT2D eigenvalue weighted by Crippen LogP contribution is -2.74. The lowest BCUT2D eigenvalue weighted by molar-refractivity contribution is -0.461. The first-order valence-electron chi connectivity index (χ1n) is 20.3. The molecule has 0 saturated carbocycles. The van der Waals surface area contributed by atoms with Gasteiger partial charge in [0.15, 0.2) is 8.32 Å². The molecule has 0 aromatic heterocycles. The van der Waals surface area contributed by atoms with Crippen LogP contribution < -0.4 is 10.1 Å². The summed E-state index contributed by atoms with van der Waals surface area (Å²) in [5, 5.41) is 2.14. The first-order valence-corrected chi connectivity index (χ1v) is 22.5. The molecule has 0 saturated heterocycles. The monoisotopic (exact) mass is 1050 g/mol. The first kappa shape index (κ1) is 60.4. The standard InChI is InChI=1S/C42H46F19NO6Si/c1-8-65-32(63)21-25(6)9-10-26(7)33(68-34(64)62-31-16-13-28(43)22-30(31)44)27-11-14-29(15-12-27)66-18-19-67-69(23(2)3,24(4)5)20-17-35(45,46)36(47,48)37(49,50)38(51,52)39(53,54)40(55,56)41(57,58)42(59,60)61/h9-16,21-24,26,33H,8,17-20H2,1-7H3,(H,62,64)/b10-9+,25-21+/t26-,33+/m0/s1. The number of hydrogen-bond acceptors (Lipinski definition) is 6. The zero-order valence-corrected chi connectivity index (χ0v) is 38.2. The highest BCUT2D eigenvalue weighted by molar-refractivity contribution is 6.76. The number of alkyl halides is 17. The summed E-state index contributed by atoms with van der Waals surface area (Å²) in [4.78, 5) is 24.7. The summed E-state index contributed by atoms with van der Waals surface area (Å²) >= 11 is 0. The predicted octanol–water partition coefficient (Wildman–Crippen LogP) is 14.5. The highest BCUT2D eigenvalue weighted by atomic mass is 28.4. The zero-order valence-electron chi connectivity index (χ0n) is 37.2. The van der Waals surface area contributed by atoms with E-state index in [1.54, 1.807) is 26.8 Å². The fraction of sp³-hybridized carbons (Fsp3) is 0.571. The molecule has 0 bridgehead atoms. The van der Waals surface area contributed by atoms with Gasteiger partial charge in [0.2, 0.25) is 0 Å². The summed E-state index contributed by atoms with van der Waals surface area (Å²) in [7, 11) is -4.06. The van der Waals surface area contributed by atoms with Crippen LogP contribution in [0, 0.1) is 17.6 Å². The first-order chi connectivity index (χ1) is 31.2. The Labute approximate surface area is 383 Å². The van der Waals surface area contributed by atoms with Crippen LogP contribution in [0.4, 0.5) is 93.9 Å². The molecule has 0 unspecified atom stereocenters. The maximum absolute atomic E-state index is 15.0. The van der Waals surface area contributed by atoms with Gasteiger partial charge in [-0.05, 0) is 66.4 Å². The number of benzene rings is 2. The van der Waals surface area contributed by atoms with Gasteiger partial charge < -0.3 is 18.6 Å². The van der Waals surface area contributed by atoms with Crippen molar-refractivity contribution in [3.8, 4) is 5.75 Å². The van der Waals surface area contributed by atoms with Crippen LogP contribution in [0.3, 0.4) is 0 Å². The van der Waals surface area contributed by atoms with Crippen molar-refractivity contribution in [3.05, 3.63) is 83.5 Å². The number of ether oxygens (including phenoxy) is 3. The zero-order chi connectivity index (χ0) is 53.6. The summed E-state index contributed by atoms with van der Waals surface area (Å²) < 4.78 is 286. The van der Waals surface area contributed by atoms with Gasteiger partial charge >= 0.3 is 59.7 Å². The van der Waals surface area contributed by atoms with Crippen LogP contribution in [0.5, 0.6) is 5.75 Å². The summed E-state index contributed by atoms with van der Waals surface area (Å²) in [5.74, 6) is -60.4. The number of allylic oxidation sites excluding steroid dienone is 2. The van der Waals surface area contributed by atoms with Crippen molar-refractivity contribution < 1.29 is 112 Å². The molecule has 0 radical (unpaired) electrons. The van der Waals surface area contributed by atoms with Gasteiger partial charge in [-0.1, -0.05) is 58.9 Å². The van der Waals surface area contributed by atoms with Crippen molar-refractivity contribution in [2.75, 3.05) is 25.1 Å². The molecule has 392 valence electrons. The van der Waals surface area contributed by atoms with Crippen molar-refractivity contribution in [2.24, 2.45) is 5.92 Å². The van der Waals surface area contributed by atoms with Crippen molar-refractivity contribution in [3.63, 3.8) is 0 Å². The van der Waals surface area contributed by atoms with E-state index in [1.165, 1.54) is 64.1 Å². The molecule has 2 aromatic carbocycles. The molecule has 1 N–H and O–H groups in total. The van der Waals surface area contributed by atoms with Crippen LogP contribution in [0.25, 0.3) is 0 Å². The van der Waals surface area contributed by atoms with E-state index < -0.39 is 134 Å². The van der Waals surface area contributed by atoms with Gasteiger partial charge in [-0.2, -0.15) is 74.6 Å². The van der Waals surface area contributed by atoms with Crippen molar-refractivity contribution in [1.82, 2.24) is 0 Å². The minimum Gasteiger partial charge on any atom is -0.491 e. The molecule has 27 heteroatoms. The van der Waals surface area contributed by atoms with E-state index in [-0.39, 0.29) is 17.9 Å². The number of hydrogen-bond donors (Lipinski definition) is 1. The van der Waals surface area contributed by atoms with E-state index in [0.29, 0.717) is 11.6 Å². The Bertz CT molecular complexity index is 2100. The Morgan fingerprint density at radius 1 is 0.696 bits per heavy atom. The Kier molecular flexibility index (Phi) is 19.4. The molecule has 0 heterocycles. The number of rotatable bonds is 24. The van der Waals surface area contributed by atoms with Gasteiger partial charge in [0.25, 0.3) is 0 Å². The van der Waals surface area contributed by atoms with Gasteiger partial charge in [-0.3, -0.25) is 5.32 Å². The number of amides is 1. The van der Waals surface area contributed by atoms with Crippen molar-refractivity contribution >= 4 is 26.1 Å². The lowest BCUT2D eigenvalue weighted by Gasteiger charge is -2.44. The number of carbonyl (C=O) groups is 2. The molecule has 2 aromatic rings. The third kappa shape index (κ3) is 12.8. The topological polar surface area (TPSA) is 83.1 Å². The second-order valence-electron chi connectivity index (χ2n) is 16.1. The summed E-state index contributed by atoms with van der Waals surface area (Å²) in [6, 6.07) is 6.36. The molecule has 0 aliphatic rings. The van der Waals surface area contributed by atoms with Crippen LogP contribution >= 0.6 is 0 Å². The van der Waals surface area contributed by atoms with Crippen LogP contribution in [0.15, 0.2) is 66.3 Å². The fourth-order valence-electron chi connectivity index (χ4n) is 6.65. The summed E-state index contributed by atoms with van der Waals surface area (Å²) in [6.07, 6.45) is -8.56. The molecular weight excluding hydrogens is 1000 g/mol. The molecule has 0 aliphatic carbocycles. The quantitative estimate of drug-likeness (QED) is 0.0282. The number of carbonyl (C=O) groups excluding carboxylic acids is 2. The average Bonchev–Trinajstić information content (AvgIpc) is 3.22. The maximum Gasteiger partial charge on any atom is 0.460 e. The molecule has 7 nitrogen and oxygen atoms in total. The van der Waals surface area contributed by atoms with E-state index in [9.17, 15) is 84.2 Å². The average molecular weight is 1050 g/mol. The molecule has 69 heavy (non-hydrogen) atoms. The van der Waals surface area contributed by atoms with Gasteiger partial charge in [0.1, 0.15) is 30.1 Å². The van der Waals surface area contributed by atoms with Gasteiger partial charge in [0.05, 0.1) is 18.9 Å². The molecule has 2 rings (SSSR count). The minimum absolute atomic E-state index is 0.0430. The smallest absolute Gasteiger partial charge is 0.460 e. The number of halogens is 19. The summed E-state index contributed by atoms with van der Waals surface area (Å²) in [6.45, 7) is 8.95. The minimum atomic E-state index is -8.72. The number of esters is 1. The SMILES string of the molecule is CCOC(=O)/C=C(C)/C=C/[C@H](C)[C@@H](OC(=O)Nc1ccc(F)cc1F)c1ccc(OCCO[Si](CCC(F)(F)C(F)(F)C(F)(F)C(F)(F)C(F)(F)C(F)(F)C(F)(F)C(F)(F)F)(C(C)C)C(C)C)cc1. The lowest BCUT2D eigenvalue weighted by atomic mass is 9.88. The molecule has 0 aliphatic heterocycles. The molecular formula is C42H46F19NO6Si. The Morgan fingerprint density at radius 2 is 1.20 bits per heavy atom. The third-order valence-corrected chi connectivity index (χ3v) is 16.4. The predicted molar refractivity (Wildman–Crippen MR) is 212 cm³/mol. The molecule has 2 atom stereocenters. The van der Waals surface area contributed by atoms with Crippen molar-refractivity contribution in [1.29, 1.82) is 0 Å². The second-order valence-corrected chi connectivity index (χ2v) is 21.1. The normalized spacial score (nSPS) is 15.2. The van der Waals surface area contributed by atoms with Crippen LogP contribution in [0.2, 0.25) is 17.1 Å². The highest BCUT2D eigenvalue weighted by Crippen LogP contribution is 2.64. The van der Waals surface area contributed by atoms with Gasteiger partial charge in [0, 0.05) is 24.5 Å².